The Morgan fingerprint density at radius 3 is 2.67 bits per heavy atom. The van der Waals surface area contributed by atoms with Crippen LogP contribution in [-0.2, 0) is 6.54 Å². The summed E-state index contributed by atoms with van der Waals surface area (Å²) in [5.41, 5.74) is 0.811. The summed E-state index contributed by atoms with van der Waals surface area (Å²) in [6.07, 6.45) is -3.33. The molecule has 0 aliphatic heterocycles. The molecule has 1 aromatic carbocycles. The number of alkyl halides is 3. The zero-order chi connectivity index (χ0) is 17.9. The Kier molecular flexibility index (Phi) is 4.91. The minimum atomic E-state index is -4.78. The summed E-state index contributed by atoms with van der Waals surface area (Å²) in [6.45, 7) is 1.72. The highest BCUT2D eigenvalue weighted by molar-refractivity contribution is 5.61. The maximum atomic E-state index is 12.3. The maximum absolute atomic E-state index is 12.3. The van der Waals surface area contributed by atoms with Crippen molar-refractivity contribution in [3.63, 3.8) is 0 Å². The molecule has 24 heavy (non-hydrogen) atoms. The van der Waals surface area contributed by atoms with Crippen molar-refractivity contribution in [1.29, 1.82) is 0 Å². The van der Waals surface area contributed by atoms with Gasteiger partial charge in [0.25, 0.3) is 0 Å². The number of rotatable bonds is 5. The molecule has 0 saturated carbocycles. The van der Waals surface area contributed by atoms with Gasteiger partial charge in [0.2, 0.25) is 5.82 Å². The molecule has 2 aromatic rings. The Morgan fingerprint density at radius 2 is 2.04 bits per heavy atom. The third kappa shape index (κ3) is 4.34. The summed E-state index contributed by atoms with van der Waals surface area (Å²) in [5.74, 6) is -0.206. The maximum Gasteiger partial charge on any atom is 0.573 e. The molecule has 9 heteroatoms. The van der Waals surface area contributed by atoms with Crippen molar-refractivity contribution in [2.45, 2.75) is 19.8 Å². The molecule has 0 radical (unpaired) electrons. The Labute approximate surface area is 135 Å². The van der Waals surface area contributed by atoms with Crippen molar-refractivity contribution in [1.82, 2.24) is 4.98 Å². The SMILES string of the molecule is Cc1ccnc(N(C)Cc2cccc(OC(F)(F)F)c2)c1[N+](=O)[O-]. The van der Waals surface area contributed by atoms with Crippen LogP contribution in [0.1, 0.15) is 11.1 Å². The Bertz CT molecular complexity index is 750. The van der Waals surface area contributed by atoms with Crippen LogP contribution in [0.25, 0.3) is 0 Å². The third-order valence-electron chi connectivity index (χ3n) is 3.20. The number of benzene rings is 1. The van der Waals surface area contributed by atoms with Gasteiger partial charge in [-0.15, -0.1) is 13.2 Å². The summed E-state index contributed by atoms with van der Waals surface area (Å²) >= 11 is 0. The smallest absolute Gasteiger partial charge is 0.406 e. The van der Waals surface area contributed by atoms with E-state index in [9.17, 15) is 23.3 Å². The molecule has 0 N–H and O–H groups in total. The van der Waals surface area contributed by atoms with Crippen molar-refractivity contribution in [2.24, 2.45) is 0 Å². The van der Waals surface area contributed by atoms with Crippen molar-refractivity contribution in [3.8, 4) is 5.75 Å². The van der Waals surface area contributed by atoms with Gasteiger partial charge in [-0.3, -0.25) is 10.1 Å². The lowest BCUT2D eigenvalue weighted by atomic mass is 10.2. The number of hydrogen-bond acceptors (Lipinski definition) is 5. The van der Waals surface area contributed by atoms with Crippen LogP contribution < -0.4 is 9.64 Å². The van der Waals surface area contributed by atoms with E-state index in [0.29, 0.717) is 11.1 Å². The number of pyridine rings is 1. The topological polar surface area (TPSA) is 68.5 Å². The second kappa shape index (κ2) is 6.73. The normalized spacial score (nSPS) is 11.2. The van der Waals surface area contributed by atoms with Gasteiger partial charge in [-0.05, 0) is 30.7 Å². The molecule has 128 valence electrons. The highest BCUT2D eigenvalue weighted by Gasteiger charge is 2.31. The average molecular weight is 341 g/mol. The standard InChI is InChI=1S/C15H14F3N3O3/c1-10-6-7-19-14(13(10)21(22)23)20(2)9-11-4-3-5-12(8-11)24-15(16,17)18/h3-8H,9H2,1-2H3. The van der Waals surface area contributed by atoms with E-state index in [4.69, 9.17) is 0 Å². The number of hydrogen-bond donors (Lipinski definition) is 0. The molecule has 0 spiro atoms. The molecule has 2 rings (SSSR count). The summed E-state index contributed by atoms with van der Waals surface area (Å²) in [7, 11) is 1.58. The van der Waals surface area contributed by atoms with Gasteiger partial charge in [0, 0.05) is 25.4 Å². The zero-order valence-electron chi connectivity index (χ0n) is 12.9. The highest BCUT2D eigenvalue weighted by Crippen LogP contribution is 2.30. The van der Waals surface area contributed by atoms with Gasteiger partial charge in [-0.2, -0.15) is 0 Å². The number of nitro groups is 1. The second-order valence-electron chi connectivity index (χ2n) is 5.11. The van der Waals surface area contributed by atoms with Crippen molar-refractivity contribution in [2.75, 3.05) is 11.9 Å². The highest BCUT2D eigenvalue weighted by atomic mass is 19.4. The predicted octanol–water partition coefficient (Wildman–Crippen LogP) is 3.83. The van der Waals surface area contributed by atoms with E-state index in [2.05, 4.69) is 9.72 Å². The first-order valence-electron chi connectivity index (χ1n) is 6.83. The van der Waals surface area contributed by atoms with Crippen LogP contribution in [-0.4, -0.2) is 23.3 Å². The molecule has 1 aromatic heterocycles. The summed E-state index contributed by atoms with van der Waals surface area (Å²) < 4.78 is 40.7. The third-order valence-corrected chi connectivity index (χ3v) is 3.20. The molecule has 6 nitrogen and oxygen atoms in total. The molecule has 0 amide bonds. The van der Waals surface area contributed by atoms with E-state index in [1.165, 1.54) is 35.4 Å². The largest absolute Gasteiger partial charge is 0.573 e. The van der Waals surface area contributed by atoms with Gasteiger partial charge in [-0.1, -0.05) is 12.1 Å². The van der Waals surface area contributed by atoms with Crippen LogP contribution in [0.2, 0.25) is 0 Å². The first kappa shape index (κ1) is 17.5. The van der Waals surface area contributed by atoms with Gasteiger partial charge >= 0.3 is 12.0 Å². The Hall–Kier alpha value is -2.84. The quantitative estimate of drug-likeness (QED) is 0.611. The molecule has 0 fully saturated rings. The van der Waals surface area contributed by atoms with Crippen molar-refractivity contribution >= 4 is 11.5 Å². The molecule has 0 aliphatic rings. The van der Waals surface area contributed by atoms with E-state index in [0.717, 1.165) is 0 Å². The fraction of sp³-hybridized carbons (Fsp3) is 0.267. The summed E-state index contributed by atoms with van der Waals surface area (Å²) in [5, 5.41) is 11.2. The number of aromatic nitrogens is 1. The first-order valence-corrected chi connectivity index (χ1v) is 6.83. The number of nitrogens with zero attached hydrogens (tertiary/aromatic N) is 3. The molecule has 0 saturated heterocycles. The van der Waals surface area contributed by atoms with Gasteiger partial charge in [0.1, 0.15) is 5.75 Å². The monoisotopic (exact) mass is 341 g/mol. The van der Waals surface area contributed by atoms with Gasteiger partial charge in [0.15, 0.2) is 0 Å². The minimum absolute atomic E-state index is 0.131. The fourth-order valence-electron chi connectivity index (χ4n) is 2.23. The fourth-order valence-corrected chi connectivity index (χ4v) is 2.23. The van der Waals surface area contributed by atoms with Crippen LogP contribution in [0, 0.1) is 17.0 Å². The van der Waals surface area contributed by atoms with Gasteiger partial charge < -0.3 is 9.64 Å². The van der Waals surface area contributed by atoms with E-state index >= 15 is 0 Å². The van der Waals surface area contributed by atoms with Crippen LogP contribution in [0.3, 0.4) is 0 Å². The number of ether oxygens (including phenoxy) is 1. The Balaban J connectivity index is 2.25. The predicted molar refractivity (Wildman–Crippen MR) is 80.9 cm³/mol. The summed E-state index contributed by atoms with van der Waals surface area (Å²) in [4.78, 5) is 16.2. The van der Waals surface area contributed by atoms with Crippen molar-refractivity contribution < 1.29 is 22.8 Å². The minimum Gasteiger partial charge on any atom is -0.406 e. The van der Waals surface area contributed by atoms with Crippen LogP contribution in [0.5, 0.6) is 5.75 Å². The van der Waals surface area contributed by atoms with E-state index in [1.807, 2.05) is 0 Å². The van der Waals surface area contributed by atoms with Crippen molar-refractivity contribution in [3.05, 3.63) is 57.8 Å². The van der Waals surface area contributed by atoms with Crippen LogP contribution >= 0.6 is 0 Å². The second-order valence-corrected chi connectivity index (χ2v) is 5.11. The molecule has 1 heterocycles. The van der Waals surface area contributed by atoms with E-state index < -0.39 is 11.3 Å². The first-order chi connectivity index (χ1) is 11.2. The summed E-state index contributed by atoms with van der Waals surface area (Å²) in [6, 6.07) is 6.95. The molecule has 0 bridgehead atoms. The van der Waals surface area contributed by atoms with Crippen LogP contribution in [0.4, 0.5) is 24.7 Å². The molecule has 0 atom stereocenters. The van der Waals surface area contributed by atoms with Gasteiger partial charge in [-0.25, -0.2) is 4.98 Å². The number of halogens is 3. The number of anilines is 1. The zero-order valence-corrected chi connectivity index (χ0v) is 12.9. The lowest BCUT2D eigenvalue weighted by Crippen LogP contribution is -2.20. The van der Waals surface area contributed by atoms with E-state index in [-0.39, 0.29) is 23.8 Å². The molecular formula is C15H14F3N3O3. The van der Waals surface area contributed by atoms with E-state index in [1.54, 1.807) is 20.0 Å². The van der Waals surface area contributed by atoms with Gasteiger partial charge in [0.05, 0.1) is 4.92 Å². The number of aryl methyl sites for hydroxylation is 1. The average Bonchev–Trinajstić information content (AvgIpc) is 2.45. The molecular weight excluding hydrogens is 327 g/mol. The van der Waals surface area contributed by atoms with Crippen LogP contribution in [0.15, 0.2) is 36.5 Å². The molecule has 0 aliphatic carbocycles. The lowest BCUT2D eigenvalue weighted by Gasteiger charge is -2.19. The Morgan fingerprint density at radius 1 is 1.33 bits per heavy atom. The lowest BCUT2D eigenvalue weighted by molar-refractivity contribution is -0.384. The molecule has 0 unspecified atom stereocenters.